The van der Waals surface area contributed by atoms with Crippen LogP contribution in [0.5, 0.6) is 5.75 Å². The second kappa shape index (κ2) is 11.6. The molecule has 0 radical (unpaired) electrons. The number of rotatable bonds is 10. The number of hydrogen-bond acceptors (Lipinski definition) is 4. The van der Waals surface area contributed by atoms with Crippen molar-refractivity contribution < 1.29 is 14.3 Å². The first-order chi connectivity index (χ1) is 15.5. The molecule has 6 nitrogen and oxygen atoms in total. The smallest absolute Gasteiger partial charge is 0.251 e. The molecule has 0 saturated heterocycles. The number of ether oxygens (including phenoxy) is 1. The molecular weight excluding hydrogens is 402 g/mol. The zero-order valence-electron chi connectivity index (χ0n) is 18.4. The average Bonchev–Trinajstić information content (AvgIpc) is 2.81. The van der Waals surface area contributed by atoms with Gasteiger partial charge in [0.1, 0.15) is 5.75 Å². The van der Waals surface area contributed by atoms with E-state index < -0.39 is 0 Å². The molecule has 0 atom stereocenters. The van der Waals surface area contributed by atoms with Gasteiger partial charge in [-0.1, -0.05) is 50.2 Å². The Morgan fingerprint density at radius 2 is 1.62 bits per heavy atom. The van der Waals surface area contributed by atoms with Crippen molar-refractivity contribution in [2.45, 2.75) is 20.4 Å². The molecule has 0 aromatic heterocycles. The van der Waals surface area contributed by atoms with E-state index in [1.807, 2.05) is 60.7 Å². The normalized spacial score (nSPS) is 10.5. The maximum Gasteiger partial charge on any atom is 0.251 e. The summed E-state index contributed by atoms with van der Waals surface area (Å²) in [6, 6.07) is 24.1. The summed E-state index contributed by atoms with van der Waals surface area (Å²) in [4.78, 5) is 24.7. The summed E-state index contributed by atoms with van der Waals surface area (Å²) in [5.41, 5.74) is 2.96. The Bertz CT molecular complexity index is 1020. The lowest BCUT2D eigenvalue weighted by Crippen LogP contribution is -2.23. The number of hydrogen-bond donors (Lipinski definition) is 3. The van der Waals surface area contributed by atoms with Crippen molar-refractivity contribution in [1.82, 2.24) is 5.32 Å². The Kier molecular flexibility index (Phi) is 8.26. The molecule has 3 aromatic rings. The summed E-state index contributed by atoms with van der Waals surface area (Å²) in [6.45, 7) is 5.38. The summed E-state index contributed by atoms with van der Waals surface area (Å²) >= 11 is 0. The Labute approximate surface area is 189 Å². The van der Waals surface area contributed by atoms with Gasteiger partial charge in [0.2, 0.25) is 5.91 Å². The van der Waals surface area contributed by atoms with Crippen molar-refractivity contribution in [3.05, 3.63) is 90.0 Å². The third-order valence-corrected chi connectivity index (χ3v) is 4.60. The molecule has 166 valence electrons. The van der Waals surface area contributed by atoms with Crippen LogP contribution in [0, 0.1) is 5.92 Å². The molecule has 3 aromatic carbocycles. The maximum atomic E-state index is 12.4. The average molecular weight is 432 g/mol. The van der Waals surface area contributed by atoms with Gasteiger partial charge in [-0.3, -0.25) is 9.59 Å². The first kappa shape index (κ1) is 22.9. The predicted molar refractivity (Wildman–Crippen MR) is 128 cm³/mol. The number of amides is 2. The second-order valence-corrected chi connectivity index (χ2v) is 7.88. The van der Waals surface area contributed by atoms with Gasteiger partial charge in [0.15, 0.2) is 0 Å². The second-order valence-electron chi connectivity index (χ2n) is 7.88. The molecule has 0 aliphatic heterocycles. The molecule has 0 heterocycles. The third kappa shape index (κ3) is 7.47. The molecule has 3 rings (SSSR count). The first-order valence-electron chi connectivity index (χ1n) is 10.7. The van der Waals surface area contributed by atoms with Gasteiger partial charge in [0.25, 0.3) is 5.91 Å². The number of benzene rings is 3. The zero-order chi connectivity index (χ0) is 22.8. The van der Waals surface area contributed by atoms with Crippen LogP contribution in [0.15, 0.2) is 78.9 Å². The highest BCUT2D eigenvalue weighted by Crippen LogP contribution is 2.17. The predicted octanol–water partition coefficient (Wildman–Crippen LogP) is 4.70. The van der Waals surface area contributed by atoms with Crippen LogP contribution in [0.2, 0.25) is 0 Å². The van der Waals surface area contributed by atoms with E-state index in [0.717, 1.165) is 11.3 Å². The maximum absolute atomic E-state index is 12.4. The lowest BCUT2D eigenvalue weighted by Gasteiger charge is -2.11. The van der Waals surface area contributed by atoms with E-state index in [4.69, 9.17) is 4.74 Å². The Morgan fingerprint density at radius 1 is 0.875 bits per heavy atom. The van der Waals surface area contributed by atoms with E-state index in [-0.39, 0.29) is 18.4 Å². The standard InChI is InChI=1S/C26H29N3O3/c1-19(2)18-32-24-13-11-22(12-14-24)29-25(30)17-27-23-10-6-9-21(15-23)26(31)28-16-20-7-4-3-5-8-20/h3-15,19,27H,16-18H2,1-2H3,(H,28,31)(H,29,30). The van der Waals surface area contributed by atoms with Gasteiger partial charge in [-0.15, -0.1) is 0 Å². The van der Waals surface area contributed by atoms with Crippen molar-refractivity contribution in [2.24, 2.45) is 5.92 Å². The van der Waals surface area contributed by atoms with Gasteiger partial charge in [0, 0.05) is 23.5 Å². The summed E-state index contributed by atoms with van der Waals surface area (Å²) < 4.78 is 5.65. The molecule has 32 heavy (non-hydrogen) atoms. The van der Waals surface area contributed by atoms with Gasteiger partial charge < -0.3 is 20.7 Å². The van der Waals surface area contributed by atoms with Crippen LogP contribution in [0.1, 0.15) is 29.8 Å². The molecule has 0 aliphatic rings. The molecule has 0 fully saturated rings. The van der Waals surface area contributed by atoms with Crippen LogP contribution in [-0.2, 0) is 11.3 Å². The number of carbonyl (C=O) groups is 2. The number of anilines is 2. The monoisotopic (exact) mass is 431 g/mol. The molecule has 0 unspecified atom stereocenters. The minimum absolute atomic E-state index is 0.0840. The van der Waals surface area contributed by atoms with Gasteiger partial charge in [-0.05, 0) is 53.9 Å². The molecule has 0 bridgehead atoms. The fourth-order valence-corrected chi connectivity index (χ4v) is 2.94. The summed E-state index contributed by atoms with van der Waals surface area (Å²) in [6.07, 6.45) is 0. The van der Waals surface area contributed by atoms with Gasteiger partial charge in [0.05, 0.1) is 13.2 Å². The van der Waals surface area contributed by atoms with Gasteiger partial charge in [-0.2, -0.15) is 0 Å². The minimum atomic E-state index is -0.181. The van der Waals surface area contributed by atoms with Crippen LogP contribution in [0.4, 0.5) is 11.4 Å². The van der Waals surface area contributed by atoms with Crippen LogP contribution in [0.25, 0.3) is 0 Å². The van der Waals surface area contributed by atoms with Crippen molar-refractivity contribution in [1.29, 1.82) is 0 Å². The fraction of sp³-hybridized carbons (Fsp3) is 0.231. The molecule has 2 amide bonds. The SMILES string of the molecule is CC(C)COc1ccc(NC(=O)CNc2cccc(C(=O)NCc3ccccc3)c2)cc1. The molecule has 0 aliphatic carbocycles. The zero-order valence-corrected chi connectivity index (χ0v) is 18.4. The summed E-state index contributed by atoms with van der Waals surface area (Å²) in [5.74, 6) is 0.882. The fourth-order valence-electron chi connectivity index (χ4n) is 2.94. The van der Waals surface area contributed by atoms with Gasteiger partial charge >= 0.3 is 0 Å². The van der Waals surface area contributed by atoms with Crippen molar-refractivity contribution in [3.63, 3.8) is 0 Å². The topological polar surface area (TPSA) is 79.5 Å². The lowest BCUT2D eigenvalue weighted by atomic mass is 10.1. The summed E-state index contributed by atoms with van der Waals surface area (Å²) in [7, 11) is 0. The van der Waals surface area contributed by atoms with Crippen molar-refractivity contribution in [3.8, 4) is 5.75 Å². The highest BCUT2D eigenvalue weighted by atomic mass is 16.5. The lowest BCUT2D eigenvalue weighted by molar-refractivity contribution is -0.114. The minimum Gasteiger partial charge on any atom is -0.493 e. The quantitative estimate of drug-likeness (QED) is 0.435. The third-order valence-electron chi connectivity index (χ3n) is 4.60. The van der Waals surface area contributed by atoms with Crippen LogP contribution in [-0.4, -0.2) is 25.0 Å². The highest BCUT2D eigenvalue weighted by Gasteiger charge is 2.08. The number of nitrogens with one attached hydrogen (secondary N) is 3. The summed E-state index contributed by atoms with van der Waals surface area (Å²) in [5, 5.41) is 8.81. The molecule has 0 spiro atoms. The molecule has 3 N–H and O–H groups in total. The van der Waals surface area contributed by atoms with E-state index >= 15 is 0 Å². The Hall–Kier alpha value is -3.80. The highest BCUT2D eigenvalue weighted by molar-refractivity contribution is 5.96. The van der Waals surface area contributed by atoms with E-state index in [2.05, 4.69) is 29.8 Å². The Morgan fingerprint density at radius 3 is 2.34 bits per heavy atom. The van der Waals surface area contributed by atoms with Crippen LogP contribution < -0.4 is 20.7 Å². The molecular formula is C26H29N3O3. The van der Waals surface area contributed by atoms with Crippen molar-refractivity contribution >= 4 is 23.2 Å². The Balaban J connectivity index is 1.47. The van der Waals surface area contributed by atoms with Crippen molar-refractivity contribution in [2.75, 3.05) is 23.8 Å². The molecule has 0 saturated carbocycles. The van der Waals surface area contributed by atoms with E-state index in [1.54, 1.807) is 18.2 Å². The van der Waals surface area contributed by atoms with E-state index in [0.29, 0.717) is 36.0 Å². The first-order valence-corrected chi connectivity index (χ1v) is 10.7. The van der Waals surface area contributed by atoms with E-state index in [9.17, 15) is 9.59 Å². The number of carbonyl (C=O) groups excluding carboxylic acids is 2. The van der Waals surface area contributed by atoms with Crippen LogP contribution in [0.3, 0.4) is 0 Å². The largest absolute Gasteiger partial charge is 0.493 e. The van der Waals surface area contributed by atoms with Gasteiger partial charge in [-0.25, -0.2) is 0 Å². The van der Waals surface area contributed by atoms with E-state index in [1.165, 1.54) is 0 Å². The van der Waals surface area contributed by atoms with Crippen LogP contribution >= 0.6 is 0 Å². The molecule has 6 heteroatoms.